The van der Waals surface area contributed by atoms with E-state index < -0.39 is 0 Å². The summed E-state index contributed by atoms with van der Waals surface area (Å²) in [6, 6.07) is 2.03. The lowest BCUT2D eigenvalue weighted by atomic mass is 9.96. The van der Waals surface area contributed by atoms with Crippen molar-refractivity contribution >= 4 is 17.1 Å². The highest BCUT2D eigenvalue weighted by Crippen LogP contribution is 2.26. The average Bonchev–Trinajstić information content (AvgIpc) is 3.10. The van der Waals surface area contributed by atoms with E-state index >= 15 is 0 Å². The molecule has 0 unspecified atom stereocenters. The van der Waals surface area contributed by atoms with E-state index in [4.69, 9.17) is 0 Å². The van der Waals surface area contributed by atoms with Crippen LogP contribution in [0.5, 0.6) is 0 Å². The monoisotopic (exact) mass is 289 g/mol. The standard InChI is InChI=1S/C15H19N3OS/c1-11(19)14-8-12(10-20-14)9-18-6-2-13(3-7-18)15-16-4-5-17-15/h4-5,8,10,13H,2-3,6-7,9H2,1H3,(H,16,17). The molecule has 106 valence electrons. The van der Waals surface area contributed by atoms with Crippen LogP contribution in [0.4, 0.5) is 0 Å². The number of ketones is 1. The molecule has 1 aliphatic heterocycles. The summed E-state index contributed by atoms with van der Waals surface area (Å²) in [4.78, 5) is 22.2. The smallest absolute Gasteiger partial charge is 0.169 e. The lowest BCUT2D eigenvalue weighted by Gasteiger charge is -2.30. The van der Waals surface area contributed by atoms with Crippen molar-refractivity contribution in [1.82, 2.24) is 14.9 Å². The Morgan fingerprint density at radius 2 is 2.30 bits per heavy atom. The largest absolute Gasteiger partial charge is 0.348 e. The SMILES string of the molecule is CC(=O)c1cc(CN2CCC(c3ncc[nH]3)CC2)cs1. The summed E-state index contributed by atoms with van der Waals surface area (Å²) in [5.41, 5.74) is 1.26. The molecule has 3 rings (SSSR count). The molecule has 0 amide bonds. The average molecular weight is 289 g/mol. The van der Waals surface area contributed by atoms with Crippen molar-refractivity contribution in [2.24, 2.45) is 0 Å². The first-order chi connectivity index (χ1) is 9.72. The molecule has 2 aromatic rings. The summed E-state index contributed by atoms with van der Waals surface area (Å²) in [6.45, 7) is 4.77. The lowest BCUT2D eigenvalue weighted by molar-refractivity contribution is 0.102. The summed E-state index contributed by atoms with van der Waals surface area (Å²) in [6.07, 6.45) is 6.03. The minimum Gasteiger partial charge on any atom is -0.348 e. The minimum atomic E-state index is 0.165. The number of nitrogens with one attached hydrogen (secondary N) is 1. The summed E-state index contributed by atoms with van der Waals surface area (Å²) >= 11 is 1.55. The van der Waals surface area contributed by atoms with E-state index in [2.05, 4.69) is 20.2 Å². The van der Waals surface area contributed by atoms with Gasteiger partial charge in [-0.05, 0) is 49.9 Å². The molecule has 3 heterocycles. The highest BCUT2D eigenvalue weighted by molar-refractivity contribution is 7.12. The number of nitrogens with zero attached hydrogens (tertiary/aromatic N) is 2. The number of Topliss-reactive ketones (excluding diaryl/α,β-unsaturated/α-hetero) is 1. The second kappa shape index (κ2) is 5.89. The van der Waals surface area contributed by atoms with Gasteiger partial charge in [-0.3, -0.25) is 9.69 Å². The third-order valence-corrected chi connectivity index (χ3v) is 4.98. The molecule has 0 aliphatic carbocycles. The minimum absolute atomic E-state index is 0.165. The van der Waals surface area contributed by atoms with Gasteiger partial charge in [0.15, 0.2) is 5.78 Å². The van der Waals surface area contributed by atoms with Crippen LogP contribution in [0.3, 0.4) is 0 Å². The number of likely N-dealkylation sites (tertiary alicyclic amines) is 1. The number of piperidine rings is 1. The van der Waals surface area contributed by atoms with E-state index in [1.165, 1.54) is 5.56 Å². The van der Waals surface area contributed by atoms with E-state index in [0.717, 1.165) is 43.2 Å². The van der Waals surface area contributed by atoms with Crippen LogP contribution in [0.25, 0.3) is 0 Å². The first kappa shape index (κ1) is 13.5. The molecular weight excluding hydrogens is 270 g/mol. The number of hydrogen-bond acceptors (Lipinski definition) is 4. The number of aromatic nitrogens is 2. The maximum absolute atomic E-state index is 11.3. The van der Waals surface area contributed by atoms with E-state index in [1.807, 2.05) is 18.5 Å². The van der Waals surface area contributed by atoms with Crippen molar-refractivity contribution in [2.45, 2.75) is 32.2 Å². The molecule has 1 aliphatic rings. The second-order valence-corrected chi connectivity index (χ2v) is 6.31. The Morgan fingerprint density at radius 3 is 2.90 bits per heavy atom. The number of rotatable bonds is 4. The van der Waals surface area contributed by atoms with E-state index in [1.54, 1.807) is 18.3 Å². The number of aromatic amines is 1. The van der Waals surface area contributed by atoms with Crippen LogP contribution >= 0.6 is 11.3 Å². The van der Waals surface area contributed by atoms with Crippen LogP contribution in [0.1, 0.15) is 46.7 Å². The van der Waals surface area contributed by atoms with Crippen LogP contribution < -0.4 is 0 Å². The van der Waals surface area contributed by atoms with Gasteiger partial charge in [-0.25, -0.2) is 4.98 Å². The Morgan fingerprint density at radius 1 is 1.50 bits per heavy atom. The summed E-state index contributed by atoms with van der Waals surface area (Å²) in [5.74, 6) is 1.85. The Balaban J connectivity index is 1.54. The molecule has 4 nitrogen and oxygen atoms in total. The fourth-order valence-electron chi connectivity index (χ4n) is 2.77. The molecule has 0 radical (unpaired) electrons. The highest BCUT2D eigenvalue weighted by atomic mass is 32.1. The van der Waals surface area contributed by atoms with Gasteiger partial charge in [0.05, 0.1) is 4.88 Å². The van der Waals surface area contributed by atoms with Gasteiger partial charge in [0.25, 0.3) is 0 Å². The van der Waals surface area contributed by atoms with E-state index in [9.17, 15) is 4.79 Å². The molecule has 20 heavy (non-hydrogen) atoms. The first-order valence-electron chi connectivity index (χ1n) is 7.02. The maximum Gasteiger partial charge on any atom is 0.169 e. The molecule has 1 N–H and O–H groups in total. The fourth-order valence-corrected chi connectivity index (χ4v) is 3.57. The van der Waals surface area contributed by atoms with Crippen molar-refractivity contribution in [3.63, 3.8) is 0 Å². The number of H-pyrrole nitrogens is 1. The topological polar surface area (TPSA) is 49.0 Å². The molecule has 0 atom stereocenters. The van der Waals surface area contributed by atoms with Crippen LogP contribution in [0, 0.1) is 0 Å². The Kier molecular flexibility index (Phi) is 3.98. The summed E-state index contributed by atoms with van der Waals surface area (Å²) < 4.78 is 0. The normalized spacial score (nSPS) is 17.4. The predicted octanol–water partition coefficient (Wildman–Crippen LogP) is 3.05. The van der Waals surface area contributed by atoms with Gasteiger partial charge in [-0.1, -0.05) is 0 Å². The molecule has 1 saturated heterocycles. The first-order valence-corrected chi connectivity index (χ1v) is 7.90. The van der Waals surface area contributed by atoms with Crippen LogP contribution in [0.2, 0.25) is 0 Å². The molecule has 0 bridgehead atoms. The molecule has 0 saturated carbocycles. The number of hydrogen-bond donors (Lipinski definition) is 1. The second-order valence-electron chi connectivity index (χ2n) is 5.40. The van der Waals surface area contributed by atoms with Crippen molar-refractivity contribution in [3.8, 4) is 0 Å². The van der Waals surface area contributed by atoms with E-state index in [-0.39, 0.29) is 5.78 Å². The van der Waals surface area contributed by atoms with Gasteiger partial charge in [0.1, 0.15) is 5.82 Å². The quantitative estimate of drug-likeness (QED) is 0.880. The molecule has 0 spiro atoms. The van der Waals surface area contributed by atoms with Gasteiger partial charge < -0.3 is 4.98 Å². The van der Waals surface area contributed by atoms with Crippen molar-refractivity contribution in [2.75, 3.05) is 13.1 Å². The third kappa shape index (κ3) is 2.99. The molecule has 5 heteroatoms. The van der Waals surface area contributed by atoms with E-state index in [0.29, 0.717) is 5.92 Å². The van der Waals surface area contributed by atoms with Crippen molar-refractivity contribution < 1.29 is 4.79 Å². The summed E-state index contributed by atoms with van der Waals surface area (Å²) in [5, 5.41) is 2.11. The van der Waals surface area contributed by atoms with Crippen molar-refractivity contribution in [3.05, 3.63) is 40.1 Å². The molecular formula is C15H19N3OS. The van der Waals surface area contributed by atoms with Gasteiger partial charge in [0.2, 0.25) is 0 Å². The summed E-state index contributed by atoms with van der Waals surface area (Å²) in [7, 11) is 0. The van der Waals surface area contributed by atoms with Gasteiger partial charge in [-0.2, -0.15) is 0 Å². The van der Waals surface area contributed by atoms with Gasteiger partial charge in [-0.15, -0.1) is 11.3 Å². The maximum atomic E-state index is 11.3. The van der Waals surface area contributed by atoms with Crippen LogP contribution in [-0.2, 0) is 6.54 Å². The predicted molar refractivity (Wildman–Crippen MR) is 80.2 cm³/mol. The molecule has 0 aromatic carbocycles. The number of carbonyl (C=O) groups is 1. The Labute approximate surface area is 122 Å². The van der Waals surface area contributed by atoms with Crippen molar-refractivity contribution in [1.29, 1.82) is 0 Å². The third-order valence-electron chi connectivity index (χ3n) is 3.90. The van der Waals surface area contributed by atoms with Crippen LogP contribution in [0.15, 0.2) is 23.8 Å². The van der Waals surface area contributed by atoms with Crippen LogP contribution in [-0.4, -0.2) is 33.7 Å². The Hall–Kier alpha value is -1.46. The van der Waals surface area contributed by atoms with Gasteiger partial charge in [0, 0.05) is 24.9 Å². The zero-order chi connectivity index (χ0) is 13.9. The number of carbonyl (C=O) groups excluding carboxylic acids is 1. The highest BCUT2D eigenvalue weighted by Gasteiger charge is 2.22. The molecule has 1 fully saturated rings. The molecule has 2 aromatic heterocycles. The Bertz CT molecular complexity index is 568. The fraction of sp³-hybridized carbons (Fsp3) is 0.467. The zero-order valence-corrected chi connectivity index (χ0v) is 12.4. The lowest BCUT2D eigenvalue weighted by Crippen LogP contribution is -2.32. The number of thiophene rings is 1. The van der Waals surface area contributed by atoms with Gasteiger partial charge >= 0.3 is 0 Å². The zero-order valence-electron chi connectivity index (χ0n) is 11.6. The number of imidazole rings is 1.